The monoisotopic (exact) mass is 272 g/mol. The van der Waals surface area contributed by atoms with E-state index in [2.05, 4.69) is 0 Å². The smallest absolute Gasteiger partial charge is 0.179 e. The minimum absolute atomic E-state index is 0.0270. The molecule has 0 bridgehead atoms. The van der Waals surface area contributed by atoms with Crippen LogP contribution in [-0.2, 0) is 16.4 Å². The van der Waals surface area contributed by atoms with Gasteiger partial charge in [-0.2, -0.15) is 0 Å². The Labute approximate surface area is 108 Å². The van der Waals surface area contributed by atoms with Crippen LogP contribution in [0.1, 0.15) is 5.56 Å². The molecule has 1 rings (SSSR count). The van der Waals surface area contributed by atoms with Crippen molar-refractivity contribution in [2.75, 3.05) is 32.5 Å². The maximum absolute atomic E-state index is 12.1. The molecule has 0 atom stereocenters. The fourth-order valence-electron chi connectivity index (χ4n) is 1.54. The summed E-state index contributed by atoms with van der Waals surface area (Å²) >= 11 is 0. The van der Waals surface area contributed by atoms with Crippen molar-refractivity contribution in [3.8, 4) is 0 Å². The first kappa shape index (κ1) is 15.1. The number of hydrogen-bond donors (Lipinski definition) is 2. The number of rotatable bonds is 7. The molecular formula is C12H20N2O3S. The molecule has 0 saturated carbocycles. The van der Waals surface area contributed by atoms with E-state index in [0.29, 0.717) is 24.5 Å². The topological polar surface area (TPSA) is 83.6 Å². The van der Waals surface area contributed by atoms with Gasteiger partial charge in [-0.25, -0.2) is 8.42 Å². The van der Waals surface area contributed by atoms with E-state index in [1.165, 1.54) is 0 Å². The van der Waals surface area contributed by atoms with Gasteiger partial charge in [0.1, 0.15) is 0 Å². The highest BCUT2D eigenvalue weighted by atomic mass is 32.2. The molecule has 102 valence electrons. The summed E-state index contributed by atoms with van der Waals surface area (Å²) in [6.45, 7) is 1.22. The van der Waals surface area contributed by atoms with Gasteiger partial charge in [-0.3, -0.25) is 0 Å². The lowest BCUT2D eigenvalue weighted by Crippen LogP contribution is -2.28. The highest BCUT2D eigenvalue weighted by molar-refractivity contribution is 7.91. The molecule has 3 N–H and O–H groups in total. The minimum Gasteiger partial charge on any atom is -0.395 e. The van der Waals surface area contributed by atoms with Gasteiger partial charge in [0.15, 0.2) is 9.84 Å². The second kappa shape index (κ2) is 6.84. The van der Waals surface area contributed by atoms with E-state index >= 15 is 0 Å². The van der Waals surface area contributed by atoms with E-state index in [1.807, 2.05) is 0 Å². The van der Waals surface area contributed by atoms with Crippen LogP contribution in [0.3, 0.4) is 0 Å². The van der Waals surface area contributed by atoms with Crippen LogP contribution in [0.5, 0.6) is 0 Å². The van der Waals surface area contributed by atoms with Crippen molar-refractivity contribution in [2.45, 2.75) is 11.4 Å². The Hall–Kier alpha value is -0.950. The van der Waals surface area contributed by atoms with E-state index in [9.17, 15) is 8.42 Å². The molecule has 6 heteroatoms. The number of aliphatic hydroxyl groups excluding tert-OH is 1. The number of sulfone groups is 1. The van der Waals surface area contributed by atoms with E-state index in [-0.39, 0.29) is 12.4 Å². The van der Waals surface area contributed by atoms with Crippen LogP contribution in [-0.4, -0.2) is 50.9 Å². The lowest BCUT2D eigenvalue weighted by atomic mass is 10.2. The van der Waals surface area contributed by atoms with Crippen LogP contribution in [0, 0.1) is 0 Å². The van der Waals surface area contributed by atoms with Crippen molar-refractivity contribution in [2.24, 2.45) is 5.73 Å². The molecule has 5 nitrogen and oxygen atoms in total. The number of benzene rings is 1. The van der Waals surface area contributed by atoms with Gasteiger partial charge in [-0.05, 0) is 24.7 Å². The molecule has 18 heavy (non-hydrogen) atoms. The minimum atomic E-state index is -3.29. The number of hydrogen-bond acceptors (Lipinski definition) is 5. The predicted octanol–water partition coefficient (Wildman–Crippen LogP) is -0.157. The van der Waals surface area contributed by atoms with E-state index in [0.717, 1.165) is 5.56 Å². The zero-order chi connectivity index (χ0) is 13.6. The quantitative estimate of drug-likeness (QED) is 0.721. The fourth-order valence-corrected chi connectivity index (χ4v) is 2.95. The van der Waals surface area contributed by atoms with Crippen molar-refractivity contribution in [3.05, 3.63) is 29.8 Å². The molecule has 1 aromatic carbocycles. The molecule has 0 spiro atoms. The number of likely N-dealkylation sites (N-methyl/N-ethyl adjacent to an activating group) is 1. The average Bonchev–Trinajstić information content (AvgIpc) is 2.37. The fraction of sp³-hybridized carbons (Fsp3) is 0.500. The summed E-state index contributed by atoms with van der Waals surface area (Å²) in [5.74, 6) is 0.0392. The summed E-state index contributed by atoms with van der Waals surface area (Å²) < 4.78 is 24.2. The van der Waals surface area contributed by atoms with E-state index < -0.39 is 9.84 Å². The number of aliphatic hydroxyl groups is 1. The van der Waals surface area contributed by atoms with Gasteiger partial charge < -0.3 is 15.7 Å². The van der Waals surface area contributed by atoms with E-state index in [1.54, 1.807) is 36.2 Å². The van der Waals surface area contributed by atoms with Crippen molar-refractivity contribution in [3.63, 3.8) is 0 Å². The summed E-state index contributed by atoms with van der Waals surface area (Å²) in [6.07, 6.45) is 0. The maximum Gasteiger partial charge on any atom is 0.179 e. The lowest BCUT2D eigenvalue weighted by Gasteiger charge is -2.15. The van der Waals surface area contributed by atoms with Crippen LogP contribution in [0.2, 0.25) is 0 Å². The van der Waals surface area contributed by atoms with Crippen molar-refractivity contribution in [1.82, 2.24) is 4.90 Å². The van der Waals surface area contributed by atoms with E-state index in [4.69, 9.17) is 10.8 Å². The van der Waals surface area contributed by atoms with Gasteiger partial charge in [0, 0.05) is 19.6 Å². The molecule has 0 aromatic heterocycles. The third-order valence-corrected chi connectivity index (χ3v) is 4.41. The first-order chi connectivity index (χ1) is 8.49. The van der Waals surface area contributed by atoms with Gasteiger partial charge in [0.05, 0.1) is 17.3 Å². The molecular weight excluding hydrogens is 252 g/mol. The molecule has 0 heterocycles. The third-order valence-electron chi connectivity index (χ3n) is 2.72. The summed E-state index contributed by atoms with van der Waals surface area (Å²) in [5.41, 5.74) is 6.30. The Morgan fingerprint density at radius 3 is 2.67 bits per heavy atom. The first-order valence-corrected chi connectivity index (χ1v) is 7.46. The second-order valence-electron chi connectivity index (χ2n) is 4.20. The standard InChI is InChI=1S/C12H20N2O3S/c1-14(5-7-15)6-8-18(16,17)12-4-2-3-11(9-12)10-13/h2-4,9,15H,5-8,10,13H2,1H3. The Morgan fingerprint density at radius 2 is 2.06 bits per heavy atom. The molecule has 0 fully saturated rings. The predicted molar refractivity (Wildman–Crippen MR) is 71.0 cm³/mol. The Morgan fingerprint density at radius 1 is 1.33 bits per heavy atom. The van der Waals surface area contributed by atoms with Gasteiger partial charge >= 0.3 is 0 Å². The van der Waals surface area contributed by atoms with Crippen LogP contribution in [0.25, 0.3) is 0 Å². The normalized spacial score (nSPS) is 12.0. The molecule has 0 aliphatic rings. The van der Waals surface area contributed by atoms with Gasteiger partial charge in [-0.15, -0.1) is 0 Å². The first-order valence-electron chi connectivity index (χ1n) is 5.81. The van der Waals surface area contributed by atoms with Crippen LogP contribution >= 0.6 is 0 Å². The van der Waals surface area contributed by atoms with Gasteiger partial charge in [0.2, 0.25) is 0 Å². The summed E-state index contributed by atoms with van der Waals surface area (Å²) in [6, 6.07) is 6.70. The summed E-state index contributed by atoms with van der Waals surface area (Å²) in [4.78, 5) is 2.09. The average molecular weight is 272 g/mol. The molecule has 0 unspecified atom stereocenters. The highest BCUT2D eigenvalue weighted by Gasteiger charge is 2.15. The number of nitrogens with two attached hydrogens (primary N) is 1. The van der Waals surface area contributed by atoms with Gasteiger partial charge in [-0.1, -0.05) is 12.1 Å². The van der Waals surface area contributed by atoms with Gasteiger partial charge in [0.25, 0.3) is 0 Å². The number of nitrogens with zero attached hydrogens (tertiary/aromatic N) is 1. The van der Waals surface area contributed by atoms with Crippen LogP contribution in [0.15, 0.2) is 29.2 Å². The zero-order valence-electron chi connectivity index (χ0n) is 10.5. The van der Waals surface area contributed by atoms with Crippen LogP contribution in [0.4, 0.5) is 0 Å². The summed E-state index contributed by atoms with van der Waals surface area (Å²) in [5, 5.41) is 8.75. The molecule has 0 amide bonds. The molecule has 0 radical (unpaired) electrons. The Bertz CT molecular complexity index is 474. The highest BCUT2D eigenvalue weighted by Crippen LogP contribution is 2.13. The second-order valence-corrected chi connectivity index (χ2v) is 6.31. The SMILES string of the molecule is CN(CCO)CCS(=O)(=O)c1cccc(CN)c1. The van der Waals surface area contributed by atoms with Crippen molar-refractivity contribution >= 4 is 9.84 Å². The Balaban J connectivity index is 2.73. The summed E-state index contributed by atoms with van der Waals surface area (Å²) in [7, 11) is -1.51. The molecule has 0 saturated heterocycles. The third kappa shape index (κ3) is 4.38. The molecule has 1 aromatic rings. The van der Waals surface area contributed by atoms with Crippen LogP contribution < -0.4 is 5.73 Å². The van der Waals surface area contributed by atoms with Crippen molar-refractivity contribution < 1.29 is 13.5 Å². The molecule has 0 aliphatic heterocycles. The largest absolute Gasteiger partial charge is 0.395 e. The zero-order valence-corrected chi connectivity index (χ0v) is 11.4. The lowest BCUT2D eigenvalue weighted by molar-refractivity contribution is 0.227. The maximum atomic E-state index is 12.1. The van der Waals surface area contributed by atoms with Crippen molar-refractivity contribution in [1.29, 1.82) is 0 Å². The Kier molecular flexibility index (Phi) is 5.74. The molecule has 0 aliphatic carbocycles.